The maximum Gasteiger partial charge on any atom is 0.158 e. The SMILES string of the molecule is COc1cc(CSC2=NC(c3ccccc3)C(c3ccccc3)N2)cc(OC)c1. The van der Waals surface area contributed by atoms with Gasteiger partial charge in [0.05, 0.1) is 20.3 Å². The topological polar surface area (TPSA) is 42.8 Å². The molecule has 0 aromatic heterocycles. The Morgan fingerprint density at radius 2 is 1.41 bits per heavy atom. The Morgan fingerprint density at radius 3 is 2.00 bits per heavy atom. The van der Waals surface area contributed by atoms with Crippen LogP contribution in [-0.4, -0.2) is 19.4 Å². The molecule has 1 aliphatic rings. The van der Waals surface area contributed by atoms with Crippen LogP contribution >= 0.6 is 11.8 Å². The zero-order chi connectivity index (χ0) is 20.1. The van der Waals surface area contributed by atoms with Crippen molar-refractivity contribution in [2.24, 2.45) is 4.99 Å². The summed E-state index contributed by atoms with van der Waals surface area (Å²) < 4.78 is 10.8. The molecular weight excluding hydrogens is 380 g/mol. The van der Waals surface area contributed by atoms with Gasteiger partial charge < -0.3 is 14.8 Å². The fourth-order valence-corrected chi connectivity index (χ4v) is 4.34. The molecule has 0 aliphatic carbocycles. The van der Waals surface area contributed by atoms with E-state index in [0.717, 1.165) is 28.0 Å². The molecule has 2 unspecified atom stereocenters. The van der Waals surface area contributed by atoms with Gasteiger partial charge in [-0.1, -0.05) is 72.4 Å². The predicted molar refractivity (Wildman–Crippen MR) is 120 cm³/mol. The highest BCUT2D eigenvalue weighted by atomic mass is 32.2. The molecule has 0 saturated heterocycles. The van der Waals surface area contributed by atoms with Crippen molar-refractivity contribution in [2.75, 3.05) is 14.2 Å². The lowest BCUT2D eigenvalue weighted by Gasteiger charge is -2.19. The second-order valence-electron chi connectivity index (χ2n) is 6.83. The fourth-order valence-electron chi connectivity index (χ4n) is 3.47. The molecule has 1 heterocycles. The van der Waals surface area contributed by atoms with Crippen LogP contribution in [-0.2, 0) is 5.75 Å². The maximum absolute atomic E-state index is 5.38. The van der Waals surface area contributed by atoms with Gasteiger partial charge in [0.2, 0.25) is 0 Å². The number of ether oxygens (including phenoxy) is 2. The van der Waals surface area contributed by atoms with Crippen molar-refractivity contribution in [1.82, 2.24) is 5.32 Å². The van der Waals surface area contributed by atoms with Gasteiger partial charge in [0.25, 0.3) is 0 Å². The second kappa shape index (κ2) is 9.05. The van der Waals surface area contributed by atoms with E-state index < -0.39 is 0 Å². The number of aliphatic imine (C=N–C) groups is 1. The van der Waals surface area contributed by atoms with Crippen LogP contribution in [0.2, 0.25) is 0 Å². The van der Waals surface area contributed by atoms with E-state index in [0.29, 0.717) is 0 Å². The Bertz CT molecular complexity index is 954. The van der Waals surface area contributed by atoms with E-state index in [2.05, 4.69) is 53.8 Å². The number of hydrogen-bond donors (Lipinski definition) is 1. The summed E-state index contributed by atoms with van der Waals surface area (Å²) in [5, 5.41) is 4.59. The number of benzene rings is 3. The molecule has 0 radical (unpaired) electrons. The Labute approximate surface area is 176 Å². The van der Waals surface area contributed by atoms with Gasteiger partial charge >= 0.3 is 0 Å². The molecular formula is C24H24N2O2S. The Morgan fingerprint density at radius 1 is 0.828 bits per heavy atom. The molecule has 1 aliphatic heterocycles. The van der Waals surface area contributed by atoms with Gasteiger partial charge in [-0.25, -0.2) is 0 Å². The van der Waals surface area contributed by atoms with E-state index in [4.69, 9.17) is 14.5 Å². The molecule has 5 heteroatoms. The lowest BCUT2D eigenvalue weighted by atomic mass is 9.95. The molecule has 0 fully saturated rings. The summed E-state index contributed by atoms with van der Waals surface area (Å²) in [6, 6.07) is 27.1. The first-order valence-electron chi connectivity index (χ1n) is 9.56. The van der Waals surface area contributed by atoms with Crippen LogP contribution < -0.4 is 14.8 Å². The third-order valence-electron chi connectivity index (χ3n) is 4.94. The Balaban J connectivity index is 1.55. The monoisotopic (exact) mass is 404 g/mol. The lowest BCUT2D eigenvalue weighted by Crippen LogP contribution is -2.22. The second-order valence-corrected chi connectivity index (χ2v) is 7.80. The minimum absolute atomic E-state index is 0.0564. The highest BCUT2D eigenvalue weighted by molar-refractivity contribution is 8.13. The van der Waals surface area contributed by atoms with Gasteiger partial charge in [0.15, 0.2) is 5.17 Å². The van der Waals surface area contributed by atoms with E-state index >= 15 is 0 Å². The highest BCUT2D eigenvalue weighted by Crippen LogP contribution is 2.38. The van der Waals surface area contributed by atoms with Gasteiger partial charge in [-0.05, 0) is 28.8 Å². The van der Waals surface area contributed by atoms with Gasteiger partial charge in [-0.2, -0.15) is 0 Å². The van der Waals surface area contributed by atoms with E-state index in [9.17, 15) is 0 Å². The van der Waals surface area contributed by atoms with Crippen molar-refractivity contribution < 1.29 is 9.47 Å². The molecule has 1 N–H and O–H groups in total. The molecule has 3 aromatic rings. The smallest absolute Gasteiger partial charge is 0.158 e. The van der Waals surface area contributed by atoms with Crippen molar-refractivity contribution in [3.8, 4) is 11.5 Å². The zero-order valence-electron chi connectivity index (χ0n) is 16.5. The van der Waals surface area contributed by atoms with Crippen LogP contribution in [0.25, 0.3) is 0 Å². The standard InChI is InChI=1S/C24H24N2O2S/c1-27-20-13-17(14-21(15-20)28-2)16-29-24-25-22(18-9-5-3-6-10-18)23(26-24)19-11-7-4-8-12-19/h3-15,22-23H,16H2,1-2H3,(H,25,26). The Kier molecular flexibility index (Phi) is 6.06. The quantitative estimate of drug-likeness (QED) is 0.599. The molecule has 4 rings (SSSR count). The maximum atomic E-state index is 5.38. The van der Waals surface area contributed by atoms with E-state index in [1.54, 1.807) is 26.0 Å². The number of rotatable bonds is 6. The van der Waals surface area contributed by atoms with Crippen LogP contribution in [0.4, 0.5) is 0 Å². The number of nitrogens with zero attached hydrogens (tertiary/aromatic N) is 1. The number of nitrogens with one attached hydrogen (secondary N) is 1. The van der Waals surface area contributed by atoms with E-state index in [1.807, 2.05) is 30.3 Å². The van der Waals surface area contributed by atoms with Gasteiger partial charge in [0.1, 0.15) is 17.5 Å². The number of methoxy groups -OCH3 is 2. The number of thioether (sulfide) groups is 1. The Hall–Kier alpha value is -2.92. The van der Waals surface area contributed by atoms with Crippen LogP contribution in [0.3, 0.4) is 0 Å². The van der Waals surface area contributed by atoms with Crippen molar-refractivity contribution in [1.29, 1.82) is 0 Å². The third-order valence-corrected chi connectivity index (χ3v) is 5.91. The van der Waals surface area contributed by atoms with E-state index in [1.165, 1.54) is 11.1 Å². The average Bonchev–Trinajstić information content (AvgIpc) is 3.23. The zero-order valence-corrected chi connectivity index (χ0v) is 17.4. The normalized spacial score (nSPS) is 18.1. The van der Waals surface area contributed by atoms with Crippen molar-refractivity contribution >= 4 is 16.9 Å². The van der Waals surface area contributed by atoms with Gasteiger partial charge in [0, 0.05) is 11.8 Å². The summed E-state index contributed by atoms with van der Waals surface area (Å²) in [7, 11) is 3.34. The van der Waals surface area contributed by atoms with Gasteiger partial charge in [-0.3, -0.25) is 4.99 Å². The first kappa shape index (κ1) is 19.4. The molecule has 0 amide bonds. The minimum Gasteiger partial charge on any atom is -0.497 e. The fraction of sp³-hybridized carbons (Fsp3) is 0.208. The van der Waals surface area contributed by atoms with Crippen molar-refractivity contribution in [3.05, 3.63) is 95.6 Å². The molecule has 3 aromatic carbocycles. The molecule has 2 atom stereocenters. The summed E-state index contributed by atoms with van der Waals surface area (Å²) >= 11 is 1.70. The summed E-state index contributed by atoms with van der Waals surface area (Å²) in [4.78, 5) is 5.02. The van der Waals surface area contributed by atoms with Crippen molar-refractivity contribution in [3.63, 3.8) is 0 Å². The van der Waals surface area contributed by atoms with Crippen molar-refractivity contribution in [2.45, 2.75) is 17.8 Å². The minimum atomic E-state index is 0.0564. The van der Waals surface area contributed by atoms with Crippen LogP contribution in [0.5, 0.6) is 11.5 Å². The molecule has 0 saturated carbocycles. The summed E-state index contributed by atoms with van der Waals surface area (Å²) in [6.07, 6.45) is 0. The average molecular weight is 405 g/mol. The number of amidine groups is 1. The first-order chi connectivity index (χ1) is 14.3. The molecule has 4 nitrogen and oxygen atoms in total. The summed E-state index contributed by atoms with van der Waals surface area (Å²) in [5.41, 5.74) is 3.59. The number of hydrogen-bond acceptors (Lipinski definition) is 5. The molecule has 148 valence electrons. The molecule has 29 heavy (non-hydrogen) atoms. The highest BCUT2D eigenvalue weighted by Gasteiger charge is 2.31. The van der Waals surface area contributed by atoms with E-state index in [-0.39, 0.29) is 12.1 Å². The first-order valence-corrected chi connectivity index (χ1v) is 10.5. The predicted octanol–water partition coefficient (Wildman–Crippen LogP) is 5.38. The summed E-state index contributed by atoms with van der Waals surface area (Å²) in [6.45, 7) is 0. The summed E-state index contributed by atoms with van der Waals surface area (Å²) in [5.74, 6) is 2.37. The van der Waals surface area contributed by atoms with Crippen LogP contribution in [0.15, 0.2) is 83.9 Å². The molecule has 0 spiro atoms. The van der Waals surface area contributed by atoms with Gasteiger partial charge in [-0.15, -0.1) is 0 Å². The third kappa shape index (κ3) is 4.57. The molecule has 0 bridgehead atoms. The largest absolute Gasteiger partial charge is 0.497 e. The van der Waals surface area contributed by atoms with Crippen LogP contribution in [0, 0.1) is 0 Å². The van der Waals surface area contributed by atoms with Crippen LogP contribution in [0.1, 0.15) is 28.8 Å². The lowest BCUT2D eigenvalue weighted by molar-refractivity contribution is 0.393.